The summed E-state index contributed by atoms with van der Waals surface area (Å²) in [7, 11) is 0. The largest absolute Gasteiger partial charge is 0.460 e. The van der Waals surface area contributed by atoms with Gasteiger partial charge in [-0.3, -0.25) is 14.4 Å². The number of benzene rings is 2. The third-order valence-corrected chi connectivity index (χ3v) is 14.7. The Labute approximate surface area is 408 Å². The zero-order chi connectivity index (χ0) is 48.5. The van der Waals surface area contributed by atoms with Gasteiger partial charge >= 0.3 is 12.1 Å². The minimum Gasteiger partial charge on any atom is -0.460 e. The van der Waals surface area contributed by atoms with Crippen molar-refractivity contribution >= 4 is 57.9 Å². The van der Waals surface area contributed by atoms with Crippen molar-refractivity contribution in [1.82, 2.24) is 15.1 Å². The third kappa shape index (κ3) is 13.4. The fourth-order valence-electron chi connectivity index (χ4n) is 8.79. The lowest BCUT2D eigenvalue weighted by atomic mass is 9.97. The van der Waals surface area contributed by atoms with Crippen LogP contribution in [0.1, 0.15) is 154 Å². The smallest absolute Gasteiger partial charge is 0.407 e. The average molecular weight is 948 g/mol. The number of ether oxygens (including phenoxy) is 2. The highest BCUT2D eigenvalue weighted by Gasteiger charge is 2.50. The van der Waals surface area contributed by atoms with Crippen molar-refractivity contribution in [3.63, 3.8) is 0 Å². The number of hydrogen-bond acceptors (Lipinski definition) is 8. The number of nitrogens with zero attached hydrogens (tertiary/aromatic N) is 2. The summed E-state index contributed by atoms with van der Waals surface area (Å²) in [6.07, 6.45) is 9.92. The molecule has 9 nitrogen and oxygen atoms in total. The topological polar surface area (TPSA) is 105 Å². The van der Waals surface area contributed by atoms with E-state index < -0.39 is 17.3 Å². The van der Waals surface area contributed by atoms with Crippen LogP contribution in [0.4, 0.5) is 4.79 Å². The second-order valence-corrected chi connectivity index (χ2v) is 22.3. The molecule has 2 aliphatic rings. The van der Waals surface area contributed by atoms with Gasteiger partial charge in [0.1, 0.15) is 11.2 Å². The van der Waals surface area contributed by atoms with Gasteiger partial charge in [-0.05, 0) is 119 Å². The number of thiophene rings is 2. The zero-order valence-electron chi connectivity index (χ0n) is 41.6. The van der Waals surface area contributed by atoms with Gasteiger partial charge < -0.3 is 24.6 Å². The summed E-state index contributed by atoms with van der Waals surface area (Å²) in [5.41, 5.74) is 5.49. The SMILES string of the molecule is CCCCCC(CC)CN1C(=O)C2=C(c3ccc(-c4ccc(CCC(=O)OC(C)(C)C)cc4)s3)N(CC(CC)CCCC)C(=O)C2=C1c1ccc(-c2ccc(CNC(=O)OC(C)(C)C)cc2)s1. The van der Waals surface area contributed by atoms with E-state index in [9.17, 15) is 9.59 Å². The van der Waals surface area contributed by atoms with Crippen LogP contribution in [0.25, 0.3) is 32.3 Å². The molecular formula is C56H73N3O6S2. The van der Waals surface area contributed by atoms with Gasteiger partial charge in [-0.25, -0.2) is 4.79 Å². The lowest BCUT2D eigenvalue weighted by Gasteiger charge is -2.29. The fraction of sp³-hybridized carbons (Fsp3) is 0.500. The Hall–Kier alpha value is -5.00. The summed E-state index contributed by atoms with van der Waals surface area (Å²) in [4.78, 5) is 63.2. The van der Waals surface area contributed by atoms with Gasteiger partial charge in [-0.15, -0.1) is 22.7 Å². The number of nitrogens with one attached hydrogen (secondary N) is 1. The number of unbranched alkanes of at least 4 members (excludes halogenated alkanes) is 3. The molecule has 0 saturated heterocycles. The maximum absolute atomic E-state index is 15.3. The zero-order valence-corrected chi connectivity index (χ0v) is 43.3. The van der Waals surface area contributed by atoms with Crippen LogP contribution < -0.4 is 5.32 Å². The van der Waals surface area contributed by atoms with E-state index in [2.05, 4.69) is 93.7 Å². The predicted molar refractivity (Wildman–Crippen MR) is 275 cm³/mol. The quantitative estimate of drug-likeness (QED) is 0.0621. The van der Waals surface area contributed by atoms with E-state index in [1.54, 1.807) is 22.7 Å². The van der Waals surface area contributed by atoms with Crippen molar-refractivity contribution in [2.75, 3.05) is 13.1 Å². The van der Waals surface area contributed by atoms with Crippen molar-refractivity contribution in [2.24, 2.45) is 11.8 Å². The van der Waals surface area contributed by atoms with Gasteiger partial charge in [0.15, 0.2) is 0 Å². The highest BCUT2D eigenvalue weighted by Crippen LogP contribution is 2.50. The van der Waals surface area contributed by atoms with Gasteiger partial charge in [0, 0.05) is 35.8 Å². The van der Waals surface area contributed by atoms with E-state index in [-0.39, 0.29) is 17.8 Å². The fourth-order valence-corrected chi connectivity index (χ4v) is 10.9. The minimum atomic E-state index is -0.575. The van der Waals surface area contributed by atoms with E-state index in [0.29, 0.717) is 55.5 Å². The summed E-state index contributed by atoms with van der Waals surface area (Å²) in [5.74, 6) is 0.193. The first-order chi connectivity index (χ1) is 31.9. The molecule has 0 saturated carbocycles. The second kappa shape index (κ2) is 22.9. The number of aryl methyl sites for hydroxylation is 1. The Morgan fingerprint density at radius 2 is 1.03 bits per heavy atom. The number of hydrogen-bond donors (Lipinski definition) is 1. The first kappa shape index (κ1) is 51.4. The van der Waals surface area contributed by atoms with Crippen LogP contribution in [0.15, 0.2) is 83.9 Å². The van der Waals surface area contributed by atoms with Crippen molar-refractivity contribution < 1.29 is 28.7 Å². The molecule has 2 aromatic heterocycles. The molecule has 360 valence electrons. The molecule has 4 aromatic rings. The molecule has 11 heteroatoms. The normalized spacial score (nSPS) is 15.1. The molecule has 4 heterocycles. The number of carbonyl (C=O) groups excluding carboxylic acids is 4. The van der Waals surface area contributed by atoms with Crippen molar-refractivity contribution in [1.29, 1.82) is 0 Å². The lowest BCUT2D eigenvalue weighted by Crippen LogP contribution is -2.34. The Bertz CT molecular complexity index is 2410. The second-order valence-electron chi connectivity index (χ2n) is 20.1. The Morgan fingerprint density at radius 1 is 0.582 bits per heavy atom. The van der Waals surface area contributed by atoms with Crippen molar-refractivity contribution in [3.05, 3.63) is 105 Å². The summed E-state index contributed by atoms with van der Waals surface area (Å²) in [6, 6.07) is 24.8. The standard InChI is InChI=1S/C56H73N3O6S2/c1-11-15-17-19-38(14-4)36-59-51(46-32-30-44(67-46)42-27-22-40(23-28-42)34-57-54(63)65-56(8,9)10)49-48(53(59)62)50(58(52(49)61)35-37(13-3)18-16-12-2)45-31-29-43(66-45)41-25-20-39(21-26-41)24-33-47(60)64-55(5,6)7/h20-23,25-32,37-38H,11-19,24,33-36H2,1-10H3,(H,57,63). The molecule has 1 N–H and O–H groups in total. The lowest BCUT2D eigenvalue weighted by molar-refractivity contribution is -0.154. The monoisotopic (exact) mass is 947 g/mol. The molecule has 6 rings (SSSR count). The van der Waals surface area contributed by atoms with Crippen LogP contribution in [0.3, 0.4) is 0 Å². The van der Waals surface area contributed by atoms with E-state index in [0.717, 1.165) is 111 Å². The predicted octanol–water partition coefficient (Wildman–Crippen LogP) is 14.1. The average Bonchev–Trinajstić information content (AvgIpc) is 4.08. The van der Waals surface area contributed by atoms with Crippen molar-refractivity contribution in [2.45, 2.75) is 158 Å². The highest BCUT2D eigenvalue weighted by molar-refractivity contribution is 7.17. The van der Waals surface area contributed by atoms with Crippen LogP contribution in [-0.2, 0) is 36.8 Å². The van der Waals surface area contributed by atoms with Gasteiger partial charge in [0.25, 0.3) is 11.8 Å². The third-order valence-electron chi connectivity index (χ3n) is 12.4. The molecular weight excluding hydrogens is 875 g/mol. The first-order valence-electron chi connectivity index (χ1n) is 24.6. The van der Waals surface area contributed by atoms with E-state index >= 15 is 9.59 Å². The van der Waals surface area contributed by atoms with Crippen LogP contribution in [0.2, 0.25) is 0 Å². The highest BCUT2D eigenvalue weighted by atomic mass is 32.1. The van der Waals surface area contributed by atoms with Crippen LogP contribution >= 0.6 is 22.7 Å². The summed E-state index contributed by atoms with van der Waals surface area (Å²) in [6.45, 7) is 21.5. The Kier molecular flexibility index (Phi) is 17.5. The molecule has 0 bridgehead atoms. The number of alkyl carbamates (subject to hydrolysis) is 1. The molecule has 0 radical (unpaired) electrons. The van der Waals surface area contributed by atoms with Crippen LogP contribution in [0, 0.1) is 11.8 Å². The van der Waals surface area contributed by atoms with Gasteiger partial charge in [0.05, 0.1) is 32.3 Å². The number of rotatable bonds is 22. The molecule has 2 unspecified atom stereocenters. The number of amides is 3. The van der Waals surface area contributed by atoms with E-state index in [1.165, 1.54) is 0 Å². The molecule has 2 aromatic carbocycles. The van der Waals surface area contributed by atoms with Crippen LogP contribution in [0.5, 0.6) is 0 Å². The van der Waals surface area contributed by atoms with E-state index in [4.69, 9.17) is 9.47 Å². The minimum absolute atomic E-state index is 0.0903. The molecule has 67 heavy (non-hydrogen) atoms. The Morgan fingerprint density at radius 3 is 1.48 bits per heavy atom. The Balaban J connectivity index is 1.38. The molecule has 2 atom stereocenters. The van der Waals surface area contributed by atoms with Gasteiger partial charge in [-0.1, -0.05) is 121 Å². The van der Waals surface area contributed by atoms with Gasteiger partial charge in [-0.2, -0.15) is 0 Å². The van der Waals surface area contributed by atoms with Gasteiger partial charge in [0.2, 0.25) is 0 Å². The molecule has 2 aliphatic heterocycles. The number of fused-ring (bicyclic) bond motifs is 1. The summed E-state index contributed by atoms with van der Waals surface area (Å²) in [5, 5.41) is 2.84. The molecule has 0 aliphatic carbocycles. The van der Waals surface area contributed by atoms with Crippen LogP contribution in [-0.4, -0.2) is 58.0 Å². The van der Waals surface area contributed by atoms with E-state index in [1.807, 2.05) is 63.5 Å². The number of esters is 1. The molecule has 0 spiro atoms. The maximum atomic E-state index is 15.3. The molecule has 3 amide bonds. The summed E-state index contributed by atoms with van der Waals surface area (Å²) >= 11 is 3.22. The summed E-state index contributed by atoms with van der Waals surface area (Å²) < 4.78 is 10.9. The first-order valence-corrected chi connectivity index (χ1v) is 26.3. The van der Waals surface area contributed by atoms with Crippen molar-refractivity contribution in [3.8, 4) is 20.9 Å². The molecule has 0 fully saturated rings. The number of carbonyl (C=O) groups is 4. The maximum Gasteiger partial charge on any atom is 0.407 e.